The number of hydrogen-bond donors (Lipinski definition) is 1. The standard InChI is InChI=1S/C15H21N3O/c1-15(2,3)17-10-9-14(19)18(4)13-7-5-12(11-16)6-8-13/h5-8,17H,9-10H2,1-4H3. The third-order valence-corrected chi connectivity index (χ3v) is 2.75. The highest BCUT2D eigenvalue weighted by Gasteiger charge is 2.13. The Bertz CT molecular complexity index is 466. The Hall–Kier alpha value is -1.86. The number of nitriles is 1. The fourth-order valence-electron chi connectivity index (χ4n) is 1.62. The van der Waals surface area contributed by atoms with Gasteiger partial charge in [0, 0.05) is 31.2 Å². The Morgan fingerprint density at radius 2 is 1.89 bits per heavy atom. The molecule has 0 saturated heterocycles. The smallest absolute Gasteiger partial charge is 0.227 e. The van der Waals surface area contributed by atoms with E-state index in [1.54, 1.807) is 36.2 Å². The first-order chi connectivity index (χ1) is 8.83. The van der Waals surface area contributed by atoms with E-state index in [2.05, 4.69) is 32.2 Å². The maximum atomic E-state index is 12.0. The monoisotopic (exact) mass is 259 g/mol. The van der Waals surface area contributed by atoms with Gasteiger partial charge in [-0.3, -0.25) is 4.79 Å². The van der Waals surface area contributed by atoms with Gasteiger partial charge >= 0.3 is 0 Å². The van der Waals surface area contributed by atoms with E-state index in [9.17, 15) is 4.79 Å². The maximum absolute atomic E-state index is 12.0. The molecule has 0 bridgehead atoms. The molecule has 4 heteroatoms. The first-order valence-electron chi connectivity index (χ1n) is 6.35. The molecule has 19 heavy (non-hydrogen) atoms. The minimum absolute atomic E-state index is 0.0211. The van der Waals surface area contributed by atoms with Gasteiger partial charge in [-0.15, -0.1) is 0 Å². The number of hydrogen-bond acceptors (Lipinski definition) is 3. The van der Waals surface area contributed by atoms with Crippen molar-refractivity contribution in [1.82, 2.24) is 5.32 Å². The molecule has 0 aliphatic heterocycles. The molecule has 1 rings (SSSR count). The van der Waals surface area contributed by atoms with Crippen LogP contribution in [-0.2, 0) is 4.79 Å². The summed E-state index contributed by atoms with van der Waals surface area (Å²) in [6.45, 7) is 6.87. The molecule has 0 saturated carbocycles. The molecular formula is C15H21N3O. The molecule has 0 atom stereocenters. The molecular weight excluding hydrogens is 238 g/mol. The molecule has 0 unspecified atom stereocenters. The Labute approximate surface area is 115 Å². The first kappa shape index (κ1) is 15.2. The number of nitrogens with zero attached hydrogens (tertiary/aromatic N) is 2. The predicted octanol–water partition coefficient (Wildman–Crippen LogP) is 2.30. The molecule has 0 aliphatic carbocycles. The Morgan fingerprint density at radius 3 is 2.37 bits per heavy atom. The van der Waals surface area contributed by atoms with Crippen LogP contribution in [-0.4, -0.2) is 25.0 Å². The van der Waals surface area contributed by atoms with Crippen LogP contribution in [0, 0.1) is 11.3 Å². The largest absolute Gasteiger partial charge is 0.315 e. The minimum Gasteiger partial charge on any atom is -0.315 e. The molecule has 0 heterocycles. The van der Waals surface area contributed by atoms with Crippen LogP contribution in [0.25, 0.3) is 0 Å². The van der Waals surface area contributed by atoms with Crippen molar-refractivity contribution in [3.8, 4) is 6.07 Å². The Morgan fingerprint density at radius 1 is 1.32 bits per heavy atom. The molecule has 1 aromatic rings. The SMILES string of the molecule is CN(C(=O)CCNC(C)(C)C)c1ccc(C#N)cc1. The van der Waals surface area contributed by atoms with Gasteiger partial charge in [0.2, 0.25) is 5.91 Å². The third-order valence-electron chi connectivity index (χ3n) is 2.75. The number of carbonyl (C=O) groups excluding carboxylic acids is 1. The van der Waals surface area contributed by atoms with Gasteiger partial charge in [0.15, 0.2) is 0 Å². The van der Waals surface area contributed by atoms with Gasteiger partial charge in [-0.1, -0.05) is 0 Å². The van der Waals surface area contributed by atoms with Gasteiger partial charge in [-0.25, -0.2) is 0 Å². The van der Waals surface area contributed by atoms with Crippen LogP contribution in [0.2, 0.25) is 0 Å². The van der Waals surface area contributed by atoms with Gasteiger partial charge < -0.3 is 10.2 Å². The van der Waals surface area contributed by atoms with E-state index in [0.717, 1.165) is 5.69 Å². The van der Waals surface area contributed by atoms with Crippen molar-refractivity contribution < 1.29 is 4.79 Å². The second-order valence-electron chi connectivity index (χ2n) is 5.54. The quantitative estimate of drug-likeness (QED) is 0.902. The summed E-state index contributed by atoms with van der Waals surface area (Å²) in [7, 11) is 1.75. The molecule has 102 valence electrons. The van der Waals surface area contributed by atoms with Crippen LogP contribution in [0.1, 0.15) is 32.8 Å². The highest BCUT2D eigenvalue weighted by Crippen LogP contribution is 2.14. The average molecular weight is 259 g/mol. The van der Waals surface area contributed by atoms with Crippen molar-refractivity contribution in [2.45, 2.75) is 32.7 Å². The Balaban J connectivity index is 2.54. The first-order valence-corrected chi connectivity index (χ1v) is 6.35. The van der Waals surface area contributed by atoms with Crippen LogP contribution in [0.4, 0.5) is 5.69 Å². The van der Waals surface area contributed by atoms with Crippen LogP contribution >= 0.6 is 0 Å². The molecule has 1 amide bonds. The van der Waals surface area contributed by atoms with Gasteiger partial charge in [0.25, 0.3) is 0 Å². The van der Waals surface area contributed by atoms with Crippen molar-refractivity contribution >= 4 is 11.6 Å². The Kier molecular flexibility index (Phi) is 5.08. The maximum Gasteiger partial charge on any atom is 0.227 e. The summed E-state index contributed by atoms with van der Waals surface area (Å²) < 4.78 is 0. The highest BCUT2D eigenvalue weighted by molar-refractivity contribution is 5.92. The molecule has 0 aliphatic rings. The number of amides is 1. The lowest BCUT2D eigenvalue weighted by Crippen LogP contribution is -2.38. The topological polar surface area (TPSA) is 56.1 Å². The summed E-state index contributed by atoms with van der Waals surface area (Å²) in [5.74, 6) is 0.0569. The summed E-state index contributed by atoms with van der Waals surface area (Å²) in [6.07, 6.45) is 0.452. The molecule has 0 radical (unpaired) electrons. The lowest BCUT2D eigenvalue weighted by Gasteiger charge is -2.22. The molecule has 4 nitrogen and oxygen atoms in total. The fourth-order valence-corrected chi connectivity index (χ4v) is 1.62. The fraction of sp³-hybridized carbons (Fsp3) is 0.467. The summed E-state index contributed by atoms with van der Waals surface area (Å²) >= 11 is 0. The number of benzene rings is 1. The normalized spacial score (nSPS) is 10.9. The summed E-state index contributed by atoms with van der Waals surface area (Å²) in [5.41, 5.74) is 1.42. The number of nitrogens with one attached hydrogen (secondary N) is 1. The average Bonchev–Trinajstić information content (AvgIpc) is 2.36. The van der Waals surface area contributed by atoms with Gasteiger partial charge in [-0.05, 0) is 45.0 Å². The van der Waals surface area contributed by atoms with Crippen molar-refractivity contribution in [2.24, 2.45) is 0 Å². The van der Waals surface area contributed by atoms with Crippen molar-refractivity contribution in [3.63, 3.8) is 0 Å². The van der Waals surface area contributed by atoms with E-state index in [4.69, 9.17) is 5.26 Å². The highest BCUT2D eigenvalue weighted by atomic mass is 16.2. The van der Waals surface area contributed by atoms with Gasteiger partial charge in [-0.2, -0.15) is 5.26 Å². The zero-order chi connectivity index (χ0) is 14.5. The summed E-state index contributed by atoms with van der Waals surface area (Å²) in [5, 5.41) is 12.0. The van der Waals surface area contributed by atoms with E-state index in [-0.39, 0.29) is 11.4 Å². The van der Waals surface area contributed by atoms with Crippen molar-refractivity contribution in [1.29, 1.82) is 5.26 Å². The number of carbonyl (C=O) groups is 1. The van der Waals surface area contributed by atoms with E-state index in [1.807, 2.05) is 0 Å². The van der Waals surface area contributed by atoms with E-state index in [1.165, 1.54) is 0 Å². The number of rotatable bonds is 4. The van der Waals surface area contributed by atoms with Crippen molar-refractivity contribution in [3.05, 3.63) is 29.8 Å². The van der Waals surface area contributed by atoms with Crippen LogP contribution < -0.4 is 10.2 Å². The zero-order valence-electron chi connectivity index (χ0n) is 12.0. The van der Waals surface area contributed by atoms with Crippen LogP contribution in [0.3, 0.4) is 0 Å². The number of anilines is 1. The second-order valence-corrected chi connectivity index (χ2v) is 5.54. The van der Waals surface area contributed by atoms with E-state index >= 15 is 0 Å². The lowest BCUT2D eigenvalue weighted by molar-refractivity contribution is -0.118. The van der Waals surface area contributed by atoms with Crippen LogP contribution in [0.5, 0.6) is 0 Å². The van der Waals surface area contributed by atoms with E-state index in [0.29, 0.717) is 18.5 Å². The molecule has 1 N–H and O–H groups in total. The summed E-state index contributed by atoms with van der Waals surface area (Å²) in [6, 6.07) is 9.06. The van der Waals surface area contributed by atoms with Gasteiger partial charge in [0.05, 0.1) is 11.6 Å². The minimum atomic E-state index is 0.0211. The van der Waals surface area contributed by atoms with Crippen LogP contribution in [0.15, 0.2) is 24.3 Å². The summed E-state index contributed by atoms with van der Waals surface area (Å²) in [4.78, 5) is 13.6. The lowest BCUT2D eigenvalue weighted by atomic mass is 10.1. The predicted molar refractivity (Wildman–Crippen MR) is 76.9 cm³/mol. The van der Waals surface area contributed by atoms with Gasteiger partial charge in [0.1, 0.15) is 0 Å². The third kappa shape index (κ3) is 5.11. The molecule has 1 aromatic carbocycles. The molecule has 0 spiro atoms. The molecule has 0 aromatic heterocycles. The zero-order valence-corrected chi connectivity index (χ0v) is 12.0. The van der Waals surface area contributed by atoms with Crippen molar-refractivity contribution in [2.75, 3.05) is 18.5 Å². The van der Waals surface area contributed by atoms with E-state index < -0.39 is 0 Å². The molecule has 0 fully saturated rings. The second kappa shape index (κ2) is 6.35.